The molecular weight excluding hydrogens is 578 g/mol. The minimum absolute atomic E-state index is 0.0947. The Balaban J connectivity index is 1.60. The predicted octanol–water partition coefficient (Wildman–Crippen LogP) is 4.83. The summed E-state index contributed by atoms with van der Waals surface area (Å²) in [6, 6.07) is 17.9. The number of aliphatic hydroxyl groups excluding tert-OH is 1. The Morgan fingerprint density at radius 2 is 1.50 bits per heavy atom. The summed E-state index contributed by atoms with van der Waals surface area (Å²) in [7, 11) is 0. The summed E-state index contributed by atoms with van der Waals surface area (Å²) in [5, 5.41) is 10.7. The summed E-state index contributed by atoms with van der Waals surface area (Å²) in [5.74, 6) is -2.31. The molecule has 2 aromatic carbocycles. The molecule has 2 aromatic rings. The number of likely N-dealkylation sites (tertiary alicyclic amines) is 1. The Kier molecular flexibility index (Phi) is 9.89. The van der Waals surface area contributed by atoms with Crippen LogP contribution in [0, 0.1) is 23.7 Å². The van der Waals surface area contributed by atoms with E-state index in [9.17, 15) is 19.5 Å². The minimum Gasteiger partial charge on any atom is -0.394 e. The number of nitrogens with zero attached hydrogens (tertiary/aromatic N) is 3. The molecule has 8 nitrogen and oxygen atoms in total. The van der Waals surface area contributed by atoms with Crippen LogP contribution in [0.2, 0.25) is 0 Å². The summed E-state index contributed by atoms with van der Waals surface area (Å²) in [5.41, 5.74) is -0.238. The summed E-state index contributed by atoms with van der Waals surface area (Å²) < 4.78 is 7.02. The van der Waals surface area contributed by atoms with E-state index in [1.807, 2.05) is 81.4 Å². The number of hydrogen-bond acceptors (Lipinski definition) is 5. The van der Waals surface area contributed by atoms with E-state index in [4.69, 9.17) is 4.74 Å². The first-order valence-corrected chi connectivity index (χ1v) is 16.5. The van der Waals surface area contributed by atoms with E-state index in [1.54, 1.807) is 26.9 Å². The maximum Gasteiger partial charge on any atom is 0.249 e. The fourth-order valence-electron chi connectivity index (χ4n) is 8.30. The number of fused-ring (bicyclic) bond motifs is 1. The first kappa shape index (κ1) is 33.6. The maximum absolute atomic E-state index is 14.9. The first-order chi connectivity index (χ1) is 22.0. The average Bonchev–Trinajstić information content (AvgIpc) is 3.56. The Hall–Kier alpha value is -3.75. The smallest absolute Gasteiger partial charge is 0.249 e. The standard InChI is InChI=1S/C38H49N3O5/c1-7-19-39(23-28-15-11-9-12-16-28)34(43)31-32-35(44)41(30(25-42)21-26(3)4)33(38(32)22-27(5)37(31,6)46-38)36(45)40(20-8-2)24-29-17-13-10-14-18-29/h7-18,26-27,30-33,42H,1-2,19-25H2,3-6H3/t27?,30-,31+,32+,33?,37-,38?/m1/s1. The molecule has 3 unspecified atom stereocenters. The molecule has 0 radical (unpaired) electrons. The topological polar surface area (TPSA) is 90.4 Å². The number of rotatable bonds is 14. The summed E-state index contributed by atoms with van der Waals surface area (Å²) in [6.45, 7) is 16.9. The fourth-order valence-corrected chi connectivity index (χ4v) is 8.30. The van der Waals surface area contributed by atoms with E-state index >= 15 is 0 Å². The van der Waals surface area contributed by atoms with Gasteiger partial charge in [0.25, 0.3) is 0 Å². The lowest BCUT2D eigenvalue weighted by atomic mass is 9.62. The summed E-state index contributed by atoms with van der Waals surface area (Å²) in [6.07, 6.45) is 4.36. The van der Waals surface area contributed by atoms with Crippen molar-refractivity contribution in [2.45, 2.75) is 76.9 Å². The first-order valence-electron chi connectivity index (χ1n) is 16.5. The maximum atomic E-state index is 14.9. The summed E-state index contributed by atoms with van der Waals surface area (Å²) >= 11 is 0. The highest BCUT2D eigenvalue weighted by atomic mass is 16.5. The second-order valence-electron chi connectivity index (χ2n) is 13.9. The molecule has 3 heterocycles. The molecule has 7 atom stereocenters. The van der Waals surface area contributed by atoms with Crippen LogP contribution in [0.5, 0.6) is 0 Å². The van der Waals surface area contributed by atoms with Crippen molar-refractivity contribution < 1.29 is 24.2 Å². The van der Waals surface area contributed by atoms with Gasteiger partial charge in [-0.2, -0.15) is 0 Å². The zero-order chi connectivity index (χ0) is 33.2. The van der Waals surface area contributed by atoms with Crippen LogP contribution in [0.15, 0.2) is 86.0 Å². The monoisotopic (exact) mass is 627 g/mol. The van der Waals surface area contributed by atoms with Gasteiger partial charge in [-0.15, -0.1) is 13.2 Å². The number of carbonyl (C=O) groups is 3. The van der Waals surface area contributed by atoms with Crippen LogP contribution < -0.4 is 0 Å². The van der Waals surface area contributed by atoms with Gasteiger partial charge >= 0.3 is 0 Å². The fraction of sp³-hybridized carbons (Fsp3) is 0.500. The molecule has 3 aliphatic heterocycles. The minimum atomic E-state index is -1.21. The highest BCUT2D eigenvalue weighted by Gasteiger charge is 2.80. The molecule has 2 bridgehead atoms. The van der Waals surface area contributed by atoms with E-state index in [0.29, 0.717) is 32.5 Å². The van der Waals surface area contributed by atoms with Crippen molar-refractivity contribution in [3.05, 3.63) is 97.1 Å². The van der Waals surface area contributed by atoms with Gasteiger partial charge in [0, 0.05) is 26.2 Å². The zero-order valence-corrected chi connectivity index (χ0v) is 27.7. The Morgan fingerprint density at radius 3 is 1.98 bits per heavy atom. The number of aliphatic hydroxyl groups is 1. The van der Waals surface area contributed by atoms with Gasteiger partial charge in [-0.3, -0.25) is 14.4 Å². The van der Waals surface area contributed by atoms with Crippen molar-refractivity contribution in [1.82, 2.24) is 14.7 Å². The number of hydrogen-bond donors (Lipinski definition) is 1. The van der Waals surface area contributed by atoms with Gasteiger partial charge in [0.05, 0.1) is 30.1 Å². The van der Waals surface area contributed by atoms with E-state index in [-0.39, 0.29) is 42.7 Å². The third-order valence-electron chi connectivity index (χ3n) is 10.4. The SMILES string of the molecule is C=CCN(Cc1ccccc1)C(=O)C1N([C@@H](CO)CC(C)C)C(=O)[C@@H]2[C@@H](C(=O)N(CC=C)Cc3ccccc3)[C@]3(C)OC12CC3C. The lowest BCUT2D eigenvalue weighted by Gasteiger charge is -2.40. The molecule has 0 saturated carbocycles. The third kappa shape index (κ3) is 5.82. The van der Waals surface area contributed by atoms with Crippen molar-refractivity contribution in [2.24, 2.45) is 23.7 Å². The Bertz CT molecular complexity index is 1430. The van der Waals surface area contributed by atoms with Crippen LogP contribution in [0.1, 0.15) is 51.7 Å². The van der Waals surface area contributed by atoms with Crippen LogP contribution in [0.3, 0.4) is 0 Å². The molecule has 0 aromatic heterocycles. The molecule has 3 fully saturated rings. The number of amides is 3. The Labute approximate surface area is 273 Å². The molecule has 0 aliphatic carbocycles. The molecular formula is C38H49N3O5. The average molecular weight is 628 g/mol. The molecule has 5 rings (SSSR count). The zero-order valence-electron chi connectivity index (χ0n) is 27.7. The Morgan fingerprint density at radius 1 is 0.978 bits per heavy atom. The number of carbonyl (C=O) groups excluding carboxylic acids is 3. The molecule has 1 spiro atoms. The molecule has 1 N–H and O–H groups in total. The van der Waals surface area contributed by atoms with E-state index < -0.39 is 35.1 Å². The highest BCUT2D eigenvalue weighted by molar-refractivity contribution is 5.99. The number of ether oxygens (including phenoxy) is 1. The van der Waals surface area contributed by atoms with Gasteiger partial charge in [-0.1, -0.05) is 93.6 Å². The van der Waals surface area contributed by atoms with Gasteiger partial charge in [-0.05, 0) is 42.7 Å². The lowest BCUT2D eigenvalue weighted by Crippen LogP contribution is -2.59. The molecule has 8 heteroatoms. The van der Waals surface area contributed by atoms with Crippen molar-refractivity contribution in [3.8, 4) is 0 Å². The largest absolute Gasteiger partial charge is 0.394 e. The highest BCUT2D eigenvalue weighted by Crippen LogP contribution is 2.66. The van der Waals surface area contributed by atoms with Crippen LogP contribution >= 0.6 is 0 Å². The quantitative estimate of drug-likeness (QED) is 0.303. The summed E-state index contributed by atoms with van der Waals surface area (Å²) in [4.78, 5) is 49.5. The van der Waals surface area contributed by atoms with Gasteiger partial charge in [0.2, 0.25) is 17.7 Å². The molecule has 46 heavy (non-hydrogen) atoms. The molecule has 3 aliphatic rings. The predicted molar refractivity (Wildman–Crippen MR) is 178 cm³/mol. The second-order valence-corrected chi connectivity index (χ2v) is 13.9. The van der Waals surface area contributed by atoms with Gasteiger partial charge in [-0.25, -0.2) is 0 Å². The lowest BCUT2D eigenvalue weighted by molar-refractivity contribution is -0.158. The third-order valence-corrected chi connectivity index (χ3v) is 10.4. The number of benzene rings is 2. The van der Waals surface area contributed by atoms with Gasteiger partial charge < -0.3 is 24.5 Å². The van der Waals surface area contributed by atoms with Gasteiger partial charge in [0.15, 0.2) is 0 Å². The van der Waals surface area contributed by atoms with Crippen molar-refractivity contribution in [2.75, 3.05) is 19.7 Å². The van der Waals surface area contributed by atoms with E-state index in [0.717, 1.165) is 11.1 Å². The molecule has 3 saturated heterocycles. The van der Waals surface area contributed by atoms with Crippen molar-refractivity contribution >= 4 is 17.7 Å². The van der Waals surface area contributed by atoms with E-state index in [2.05, 4.69) is 20.1 Å². The molecule has 3 amide bonds. The second kappa shape index (κ2) is 13.5. The normalized spacial score (nSPS) is 28.7. The van der Waals surface area contributed by atoms with Crippen molar-refractivity contribution in [3.63, 3.8) is 0 Å². The van der Waals surface area contributed by atoms with E-state index in [1.165, 1.54) is 0 Å². The van der Waals surface area contributed by atoms with Crippen LogP contribution in [-0.4, -0.2) is 80.5 Å². The van der Waals surface area contributed by atoms with Crippen molar-refractivity contribution in [1.29, 1.82) is 0 Å². The van der Waals surface area contributed by atoms with Crippen LogP contribution in [0.25, 0.3) is 0 Å². The molecule has 246 valence electrons. The van der Waals surface area contributed by atoms with Gasteiger partial charge in [0.1, 0.15) is 11.6 Å². The van der Waals surface area contributed by atoms with Crippen LogP contribution in [-0.2, 0) is 32.2 Å². The van der Waals surface area contributed by atoms with Crippen LogP contribution in [0.4, 0.5) is 0 Å².